The van der Waals surface area contributed by atoms with Crippen molar-refractivity contribution in [1.29, 1.82) is 0 Å². The molecule has 0 spiro atoms. The average molecular weight is 469 g/mol. The van der Waals surface area contributed by atoms with Crippen LogP contribution in [-0.4, -0.2) is 22.3 Å². The third-order valence-electron chi connectivity index (χ3n) is 7.07. The lowest BCUT2D eigenvalue weighted by Crippen LogP contribution is -2.05. The second kappa shape index (κ2) is 27.7. The van der Waals surface area contributed by atoms with Crippen LogP contribution < -0.4 is 0 Å². The standard InChI is InChI=1S/C30H60O3/c1-2-3-4-5-6-7-8-9-10-11-12-13-14-15-16-17-18-20-23-26-29(31)27-24-21-19-22-25-28-30(32)33/h29,31H,2-28H2,1H3,(H,32,33). The van der Waals surface area contributed by atoms with Crippen LogP contribution in [0.15, 0.2) is 0 Å². The zero-order valence-corrected chi connectivity index (χ0v) is 22.5. The minimum Gasteiger partial charge on any atom is -0.481 e. The number of aliphatic carboxylic acids is 1. The largest absolute Gasteiger partial charge is 0.481 e. The van der Waals surface area contributed by atoms with Crippen molar-refractivity contribution in [2.45, 2.75) is 186 Å². The highest BCUT2D eigenvalue weighted by Gasteiger charge is 2.04. The molecule has 0 aliphatic rings. The highest BCUT2D eigenvalue weighted by atomic mass is 16.4. The Morgan fingerprint density at radius 2 is 0.758 bits per heavy atom. The van der Waals surface area contributed by atoms with Crippen molar-refractivity contribution in [3.05, 3.63) is 0 Å². The molecule has 0 rings (SSSR count). The summed E-state index contributed by atoms with van der Waals surface area (Å²) in [5.74, 6) is -0.690. The van der Waals surface area contributed by atoms with Crippen molar-refractivity contribution < 1.29 is 15.0 Å². The van der Waals surface area contributed by atoms with Crippen LogP contribution in [0, 0.1) is 0 Å². The molecule has 0 amide bonds. The number of aliphatic hydroxyl groups is 1. The quantitative estimate of drug-likeness (QED) is 0.112. The zero-order valence-electron chi connectivity index (χ0n) is 22.5. The topological polar surface area (TPSA) is 57.5 Å². The summed E-state index contributed by atoms with van der Waals surface area (Å²) in [5, 5.41) is 18.7. The number of hydrogen-bond donors (Lipinski definition) is 2. The van der Waals surface area contributed by atoms with E-state index in [-0.39, 0.29) is 6.10 Å². The Labute approximate surface area is 207 Å². The first-order valence-electron chi connectivity index (χ1n) is 15.1. The van der Waals surface area contributed by atoms with Crippen molar-refractivity contribution >= 4 is 5.97 Å². The number of carboxylic acids is 1. The molecule has 3 heteroatoms. The van der Waals surface area contributed by atoms with Crippen LogP contribution >= 0.6 is 0 Å². The van der Waals surface area contributed by atoms with E-state index in [4.69, 9.17) is 5.11 Å². The van der Waals surface area contributed by atoms with E-state index in [1.54, 1.807) is 0 Å². The maximum atomic E-state index is 10.5. The van der Waals surface area contributed by atoms with Crippen LogP contribution in [0.5, 0.6) is 0 Å². The maximum absolute atomic E-state index is 10.5. The highest BCUT2D eigenvalue weighted by Crippen LogP contribution is 2.16. The maximum Gasteiger partial charge on any atom is 0.303 e. The molecule has 198 valence electrons. The van der Waals surface area contributed by atoms with Crippen molar-refractivity contribution in [3.63, 3.8) is 0 Å². The Bertz CT molecular complexity index is 383. The van der Waals surface area contributed by atoms with E-state index in [0.29, 0.717) is 6.42 Å². The molecular weight excluding hydrogens is 408 g/mol. The molecule has 1 atom stereocenters. The fourth-order valence-electron chi connectivity index (χ4n) is 4.79. The summed E-state index contributed by atoms with van der Waals surface area (Å²) in [6.45, 7) is 2.29. The predicted octanol–water partition coefficient (Wildman–Crippen LogP) is 9.98. The Hall–Kier alpha value is -0.570. The van der Waals surface area contributed by atoms with E-state index in [0.717, 1.165) is 44.9 Å². The van der Waals surface area contributed by atoms with E-state index >= 15 is 0 Å². The van der Waals surface area contributed by atoms with E-state index in [2.05, 4.69) is 6.92 Å². The minimum atomic E-state index is -0.690. The SMILES string of the molecule is CCCCCCCCCCCCCCCCCCCCCC(O)CCCCCCCC(=O)O. The Morgan fingerprint density at radius 3 is 1.06 bits per heavy atom. The van der Waals surface area contributed by atoms with Crippen LogP contribution in [0.4, 0.5) is 0 Å². The Morgan fingerprint density at radius 1 is 0.485 bits per heavy atom. The average Bonchev–Trinajstić information content (AvgIpc) is 2.79. The van der Waals surface area contributed by atoms with Crippen LogP contribution in [0.3, 0.4) is 0 Å². The molecule has 0 aliphatic carbocycles. The van der Waals surface area contributed by atoms with Gasteiger partial charge in [-0.15, -0.1) is 0 Å². The van der Waals surface area contributed by atoms with Crippen LogP contribution in [0.2, 0.25) is 0 Å². The molecule has 2 N–H and O–H groups in total. The molecule has 33 heavy (non-hydrogen) atoms. The van der Waals surface area contributed by atoms with Crippen molar-refractivity contribution in [2.75, 3.05) is 0 Å². The lowest BCUT2D eigenvalue weighted by Gasteiger charge is -2.10. The van der Waals surface area contributed by atoms with Gasteiger partial charge in [-0.2, -0.15) is 0 Å². The Balaban J connectivity index is 3.12. The van der Waals surface area contributed by atoms with Crippen LogP contribution in [0.1, 0.15) is 180 Å². The van der Waals surface area contributed by atoms with E-state index in [9.17, 15) is 9.90 Å². The van der Waals surface area contributed by atoms with Crippen molar-refractivity contribution in [2.24, 2.45) is 0 Å². The number of rotatable bonds is 28. The van der Waals surface area contributed by atoms with Gasteiger partial charge < -0.3 is 10.2 Å². The van der Waals surface area contributed by atoms with Crippen molar-refractivity contribution in [1.82, 2.24) is 0 Å². The molecule has 0 radical (unpaired) electrons. The number of unbranched alkanes of at least 4 members (excludes halogenated alkanes) is 22. The summed E-state index contributed by atoms with van der Waals surface area (Å²) in [6.07, 6.45) is 33.8. The summed E-state index contributed by atoms with van der Waals surface area (Å²) in [6, 6.07) is 0. The molecular formula is C30H60O3. The monoisotopic (exact) mass is 468 g/mol. The molecule has 0 saturated carbocycles. The fourth-order valence-corrected chi connectivity index (χ4v) is 4.79. The third kappa shape index (κ3) is 29.4. The van der Waals surface area contributed by atoms with Gasteiger partial charge in [-0.05, 0) is 19.3 Å². The van der Waals surface area contributed by atoms with Crippen molar-refractivity contribution in [3.8, 4) is 0 Å². The summed E-state index contributed by atoms with van der Waals surface area (Å²) in [7, 11) is 0. The second-order valence-electron chi connectivity index (χ2n) is 10.5. The first-order valence-corrected chi connectivity index (χ1v) is 15.1. The molecule has 0 saturated heterocycles. The predicted molar refractivity (Wildman–Crippen MR) is 144 cm³/mol. The number of carbonyl (C=O) groups is 1. The molecule has 0 fully saturated rings. The zero-order chi connectivity index (χ0) is 24.2. The van der Waals surface area contributed by atoms with Gasteiger partial charge in [0.2, 0.25) is 0 Å². The first kappa shape index (κ1) is 32.4. The summed E-state index contributed by atoms with van der Waals surface area (Å²) in [4.78, 5) is 10.5. The number of carboxylic acid groups (broad SMARTS) is 1. The summed E-state index contributed by atoms with van der Waals surface area (Å²) < 4.78 is 0. The van der Waals surface area contributed by atoms with Gasteiger partial charge in [0.1, 0.15) is 0 Å². The molecule has 0 heterocycles. The van der Waals surface area contributed by atoms with Gasteiger partial charge in [-0.25, -0.2) is 0 Å². The smallest absolute Gasteiger partial charge is 0.303 e. The molecule has 1 unspecified atom stereocenters. The number of hydrogen-bond acceptors (Lipinski definition) is 2. The molecule has 0 bridgehead atoms. The lowest BCUT2D eigenvalue weighted by molar-refractivity contribution is -0.137. The molecule has 3 nitrogen and oxygen atoms in total. The Kier molecular flexibility index (Phi) is 27.2. The molecule has 0 aromatic rings. The van der Waals surface area contributed by atoms with Gasteiger partial charge in [0.15, 0.2) is 0 Å². The fraction of sp³-hybridized carbons (Fsp3) is 0.967. The second-order valence-corrected chi connectivity index (χ2v) is 10.5. The highest BCUT2D eigenvalue weighted by molar-refractivity contribution is 5.66. The lowest BCUT2D eigenvalue weighted by atomic mass is 10.0. The molecule has 0 aromatic heterocycles. The van der Waals surface area contributed by atoms with Crippen LogP contribution in [-0.2, 0) is 4.79 Å². The van der Waals surface area contributed by atoms with E-state index in [1.165, 1.54) is 122 Å². The summed E-state index contributed by atoms with van der Waals surface area (Å²) >= 11 is 0. The van der Waals surface area contributed by atoms with Gasteiger partial charge in [0, 0.05) is 6.42 Å². The number of aliphatic hydroxyl groups excluding tert-OH is 1. The molecule has 0 aromatic carbocycles. The van der Waals surface area contributed by atoms with Gasteiger partial charge in [0.05, 0.1) is 6.10 Å². The van der Waals surface area contributed by atoms with Gasteiger partial charge in [-0.1, -0.05) is 155 Å². The van der Waals surface area contributed by atoms with Gasteiger partial charge in [-0.3, -0.25) is 4.79 Å². The van der Waals surface area contributed by atoms with E-state index < -0.39 is 5.97 Å². The van der Waals surface area contributed by atoms with E-state index in [1.807, 2.05) is 0 Å². The molecule has 0 aliphatic heterocycles. The minimum absolute atomic E-state index is 0.130. The van der Waals surface area contributed by atoms with Crippen LogP contribution in [0.25, 0.3) is 0 Å². The third-order valence-corrected chi connectivity index (χ3v) is 7.07. The van der Waals surface area contributed by atoms with Gasteiger partial charge >= 0.3 is 5.97 Å². The van der Waals surface area contributed by atoms with Gasteiger partial charge in [0.25, 0.3) is 0 Å². The normalized spacial score (nSPS) is 12.3. The first-order chi connectivity index (χ1) is 16.2. The summed E-state index contributed by atoms with van der Waals surface area (Å²) in [5.41, 5.74) is 0.